The number of fused-ring (bicyclic) bond motifs is 1. The van der Waals surface area contributed by atoms with Gasteiger partial charge in [0.05, 0.1) is 18.4 Å². The second-order valence-electron chi connectivity index (χ2n) is 4.84. The summed E-state index contributed by atoms with van der Waals surface area (Å²) in [7, 11) is 3.23. The van der Waals surface area contributed by atoms with Gasteiger partial charge in [0.25, 0.3) is 0 Å². The van der Waals surface area contributed by atoms with Crippen molar-refractivity contribution in [1.29, 1.82) is 0 Å². The zero-order valence-corrected chi connectivity index (χ0v) is 11.9. The third kappa shape index (κ3) is 2.08. The van der Waals surface area contributed by atoms with E-state index in [2.05, 4.69) is 5.10 Å². The summed E-state index contributed by atoms with van der Waals surface area (Å²) in [5.74, 6) is 0.242. The first-order valence-corrected chi connectivity index (χ1v) is 6.46. The first kappa shape index (κ1) is 13.6. The van der Waals surface area contributed by atoms with Crippen molar-refractivity contribution in [2.24, 2.45) is 7.05 Å². The van der Waals surface area contributed by atoms with E-state index in [0.717, 1.165) is 0 Å². The molecular weight excluding hydrogens is 275 g/mol. The van der Waals surface area contributed by atoms with Crippen LogP contribution in [0.3, 0.4) is 0 Å². The zero-order valence-electron chi connectivity index (χ0n) is 11.9. The number of furan rings is 1. The molecule has 1 unspecified atom stereocenters. The molecule has 2 aromatic heterocycles. The van der Waals surface area contributed by atoms with E-state index in [9.17, 15) is 9.50 Å². The van der Waals surface area contributed by atoms with Gasteiger partial charge in [-0.25, -0.2) is 9.07 Å². The van der Waals surface area contributed by atoms with Crippen LogP contribution in [0.2, 0.25) is 0 Å². The predicted molar refractivity (Wildman–Crippen MR) is 74.7 cm³/mol. The minimum atomic E-state index is -1.07. The fraction of sp³-hybridized carbons (Fsp3) is 0.267. The first-order chi connectivity index (χ1) is 10.0. The predicted octanol–water partition coefficient (Wildman–Crippen LogP) is 2.70. The van der Waals surface area contributed by atoms with Crippen LogP contribution in [0.25, 0.3) is 11.0 Å². The van der Waals surface area contributed by atoms with E-state index < -0.39 is 11.9 Å². The minimum Gasteiger partial charge on any atom is -0.481 e. The molecule has 1 aromatic carbocycles. The lowest BCUT2D eigenvalue weighted by Crippen LogP contribution is -2.02. The van der Waals surface area contributed by atoms with Gasteiger partial charge in [0.15, 0.2) is 11.4 Å². The Balaban J connectivity index is 2.12. The highest BCUT2D eigenvalue weighted by Gasteiger charge is 2.26. The molecule has 0 spiro atoms. The number of rotatable bonds is 3. The average Bonchev–Trinajstić information content (AvgIpc) is 2.99. The lowest BCUT2D eigenvalue weighted by Gasteiger charge is -2.09. The molecule has 0 amide bonds. The molecule has 0 fully saturated rings. The minimum absolute atomic E-state index is 0.132. The average molecular weight is 290 g/mol. The maximum Gasteiger partial charge on any atom is 0.217 e. The van der Waals surface area contributed by atoms with E-state index in [0.29, 0.717) is 22.5 Å². The van der Waals surface area contributed by atoms with Crippen LogP contribution < -0.4 is 4.74 Å². The third-order valence-corrected chi connectivity index (χ3v) is 3.47. The Morgan fingerprint density at radius 3 is 2.86 bits per heavy atom. The van der Waals surface area contributed by atoms with E-state index in [4.69, 9.17) is 9.15 Å². The van der Waals surface area contributed by atoms with Crippen LogP contribution in [-0.2, 0) is 7.05 Å². The van der Waals surface area contributed by atoms with Gasteiger partial charge in [-0.1, -0.05) is 12.1 Å². The maximum atomic E-state index is 13.7. The second-order valence-corrected chi connectivity index (χ2v) is 4.84. The van der Waals surface area contributed by atoms with Gasteiger partial charge in [0, 0.05) is 12.4 Å². The summed E-state index contributed by atoms with van der Waals surface area (Å²) in [4.78, 5) is 0. The van der Waals surface area contributed by atoms with Crippen LogP contribution in [0, 0.1) is 12.7 Å². The molecule has 1 N–H and O–H groups in total. The highest BCUT2D eigenvalue weighted by Crippen LogP contribution is 2.35. The molecule has 0 saturated heterocycles. The number of aryl methyl sites for hydroxylation is 2. The summed E-state index contributed by atoms with van der Waals surface area (Å²) in [5.41, 5.74) is 1.27. The van der Waals surface area contributed by atoms with Crippen molar-refractivity contribution in [3.05, 3.63) is 47.1 Å². The molecule has 3 rings (SSSR count). The number of benzene rings is 1. The van der Waals surface area contributed by atoms with Crippen LogP contribution in [0.15, 0.2) is 28.7 Å². The standard InChI is InChI=1S/C15H15FN2O3/c1-8-12(15(20-3)18(2)17-8)13(19)11-7-9-5-4-6-10(16)14(9)21-11/h4-7,13,19H,1-3H3. The van der Waals surface area contributed by atoms with Crippen molar-refractivity contribution in [2.45, 2.75) is 13.0 Å². The van der Waals surface area contributed by atoms with Gasteiger partial charge in [0.1, 0.15) is 11.9 Å². The maximum absolute atomic E-state index is 13.7. The highest BCUT2D eigenvalue weighted by atomic mass is 19.1. The Morgan fingerprint density at radius 1 is 1.43 bits per heavy atom. The monoisotopic (exact) mass is 290 g/mol. The molecule has 3 aromatic rings. The third-order valence-electron chi connectivity index (χ3n) is 3.47. The van der Waals surface area contributed by atoms with Gasteiger partial charge >= 0.3 is 0 Å². The van der Waals surface area contributed by atoms with Gasteiger partial charge < -0.3 is 14.3 Å². The van der Waals surface area contributed by atoms with Crippen molar-refractivity contribution in [3.8, 4) is 5.88 Å². The van der Waals surface area contributed by atoms with E-state index >= 15 is 0 Å². The molecule has 0 radical (unpaired) electrons. The lowest BCUT2D eigenvalue weighted by molar-refractivity contribution is 0.186. The summed E-state index contributed by atoms with van der Waals surface area (Å²) in [6.45, 7) is 1.77. The van der Waals surface area contributed by atoms with Gasteiger partial charge in [-0.3, -0.25) is 0 Å². The van der Waals surface area contributed by atoms with Gasteiger partial charge in [-0.15, -0.1) is 0 Å². The number of nitrogens with zero attached hydrogens (tertiary/aromatic N) is 2. The molecule has 1 atom stereocenters. The normalized spacial score (nSPS) is 12.8. The Kier molecular flexibility index (Phi) is 3.17. The number of hydrogen-bond acceptors (Lipinski definition) is 4. The summed E-state index contributed by atoms with van der Waals surface area (Å²) in [5, 5.41) is 15.4. The van der Waals surface area contributed by atoms with Crippen LogP contribution in [-0.4, -0.2) is 22.0 Å². The van der Waals surface area contributed by atoms with Crippen molar-refractivity contribution < 1.29 is 18.7 Å². The SMILES string of the molecule is COc1c(C(O)c2cc3cccc(F)c3o2)c(C)nn1C. The second kappa shape index (κ2) is 4.89. The number of methoxy groups -OCH3 is 1. The largest absolute Gasteiger partial charge is 0.481 e. The van der Waals surface area contributed by atoms with E-state index in [-0.39, 0.29) is 11.3 Å². The summed E-state index contributed by atoms with van der Waals surface area (Å²) in [6.07, 6.45) is -1.07. The zero-order chi connectivity index (χ0) is 15.1. The molecule has 0 aliphatic rings. The molecule has 0 saturated carbocycles. The number of halogens is 1. The van der Waals surface area contributed by atoms with Crippen molar-refractivity contribution in [2.75, 3.05) is 7.11 Å². The van der Waals surface area contributed by atoms with Gasteiger partial charge in [0.2, 0.25) is 5.88 Å². The van der Waals surface area contributed by atoms with Crippen LogP contribution in [0.4, 0.5) is 4.39 Å². The van der Waals surface area contributed by atoms with Crippen LogP contribution in [0.5, 0.6) is 5.88 Å². The molecule has 21 heavy (non-hydrogen) atoms. The fourth-order valence-corrected chi connectivity index (χ4v) is 2.53. The van der Waals surface area contributed by atoms with Crippen LogP contribution in [0.1, 0.15) is 23.1 Å². The number of aliphatic hydroxyl groups is 1. The number of aliphatic hydroxyl groups excluding tert-OH is 1. The number of aromatic nitrogens is 2. The first-order valence-electron chi connectivity index (χ1n) is 6.46. The molecule has 0 aliphatic heterocycles. The number of para-hydroxylation sites is 1. The lowest BCUT2D eigenvalue weighted by atomic mass is 10.1. The molecule has 0 bridgehead atoms. The van der Waals surface area contributed by atoms with E-state index in [1.54, 1.807) is 32.2 Å². The molecule has 6 heteroatoms. The highest BCUT2D eigenvalue weighted by molar-refractivity contribution is 5.78. The molecule has 2 heterocycles. The Hall–Kier alpha value is -2.34. The Morgan fingerprint density at radius 2 is 2.19 bits per heavy atom. The van der Waals surface area contributed by atoms with Gasteiger partial charge in [-0.2, -0.15) is 5.10 Å². The number of hydrogen-bond donors (Lipinski definition) is 1. The van der Waals surface area contributed by atoms with E-state index in [1.807, 2.05) is 0 Å². The smallest absolute Gasteiger partial charge is 0.217 e. The molecule has 110 valence electrons. The van der Waals surface area contributed by atoms with Gasteiger partial charge in [-0.05, 0) is 19.1 Å². The fourth-order valence-electron chi connectivity index (χ4n) is 2.53. The van der Waals surface area contributed by atoms with E-state index in [1.165, 1.54) is 17.9 Å². The Labute approximate surface area is 120 Å². The Bertz CT molecular complexity index is 807. The van der Waals surface area contributed by atoms with Crippen molar-refractivity contribution in [1.82, 2.24) is 9.78 Å². The molecule has 5 nitrogen and oxygen atoms in total. The quantitative estimate of drug-likeness (QED) is 0.805. The molecular formula is C15H15FN2O3. The summed E-state index contributed by atoms with van der Waals surface area (Å²) in [6, 6.07) is 6.26. The topological polar surface area (TPSA) is 60.4 Å². The number of ether oxygens (including phenoxy) is 1. The van der Waals surface area contributed by atoms with Crippen molar-refractivity contribution in [3.63, 3.8) is 0 Å². The molecule has 0 aliphatic carbocycles. The summed E-state index contributed by atoms with van der Waals surface area (Å²) >= 11 is 0. The summed E-state index contributed by atoms with van der Waals surface area (Å²) < 4.78 is 25.9. The van der Waals surface area contributed by atoms with Crippen LogP contribution >= 0.6 is 0 Å². The van der Waals surface area contributed by atoms with Crippen molar-refractivity contribution >= 4 is 11.0 Å².